The van der Waals surface area contributed by atoms with Crippen LogP contribution in [-0.4, -0.2) is 43.0 Å². The van der Waals surface area contributed by atoms with Gasteiger partial charge in [0, 0.05) is 11.0 Å². The van der Waals surface area contributed by atoms with Crippen LogP contribution in [0.5, 0.6) is 0 Å². The topological polar surface area (TPSA) is 57.3 Å². The molecule has 1 aromatic heterocycles. The Morgan fingerprint density at radius 2 is 1.92 bits per heavy atom. The van der Waals surface area contributed by atoms with Crippen LogP contribution in [-0.2, 0) is 11.2 Å². The monoisotopic (exact) mass is 390 g/mol. The number of pyridine rings is 1. The third-order valence-electron chi connectivity index (χ3n) is 3.42. The number of rotatable bonds is 8. The van der Waals surface area contributed by atoms with Crippen molar-refractivity contribution in [3.8, 4) is 0 Å². The highest BCUT2D eigenvalue weighted by Gasteiger charge is 2.05. The summed E-state index contributed by atoms with van der Waals surface area (Å²) in [6.07, 6.45) is 3.14. The lowest BCUT2D eigenvalue weighted by atomic mass is 10.1. The van der Waals surface area contributed by atoms with Gasteiger partial charge in [0.2, 0.25) is 5.91 Å². The van der Waals surface area contributed by atoms with Crippen LogP contribution < -0.4 is 10.6 Å². The van der Waals surface area contributed by atoms with E-state index < -0.39 is 0 Å². The SMILES string of the molecule is CN(C)CCCNc1ccc(NC(=O)Cc2ccc(Br)cc2)nc1. The number of halogens is 1. The van der Waals surface area contributed by atoms with E-state index in [2.05, 4.69) is 50.5 Å². The lowest BCUT2D eigenvalue weighted by Gasteiger charge is -2.11. The number of hydrogen-bond acceptors (Lipinski definition) is 4. The molecule has 128 valence electrons. The summed E-state index contributed by atoms with van der Waals surface area (Å²) in [5.41, 5.74) is 1.93. The molecule has 0 aliphatic carbocycles. The van der Waals surface area contributed by atoms with Crippen LogP contribution in [0, 0.1) is 0 Å². The zero-order chi connectivity index (χ0) is 17.4. The van der Waals surface area contributed by atoms with E-state index in [1.54, 1.807) is 6.20 Å². The molecule has 1 heterocycles. The number of carbonyl (C=O) groups is 1. The second-order valence-electron chi connectivity index (χ2n) is 5.87. The minimum absolute atomic E-state index is 0.0727. The summed E-state index contributed by atoms with van der Waals surface area (Å²) < 4.78 is 1.00. The molecule has 0 aliphatic rings. The fraction of sp³-hybridized carbons (Fsp3) is 0.333. The minimum atomic E-state index is -0.0727. The van der Waals surface area contributed by atoms with E-state index in [1.165, 1.54) is 0 Å². The van der Waals surface area contributed by atoms with Crippen molar-refractivity contribution in [1.29, 1.82) is 0 Å². The fourth-order valence-corrected chi connectivity index (χ4v) is 2.44. The summed E-state index contributed by atoms with van der Waals surface area (Å²) in [5.74, 6) is 0.493. The highest BCUT2D eigenvalue weighted by atomic mass is 79.9. The lowest BCUT2D eigenvalue weighted by Crippen LogP contribution is -2.17. The van der Waals surface area contributed by atoms with Gasteiger partial charge >= 0.3 is 0 Å². The number of hydrogen-bond donors (Lipinski definition) is 2. The average Bonchev–Trinajstić information content (AvgIpc) is 2.55. The quantitative estimate of drug-likeness (QED) is 0.678. The van der Waals surface area contributed by atoms with Gasteiger partial charge in [0.15, 0.2) is 0 Å². The van der Waals surface area contributed by atoms with E-state index in [4.69, 9.17) is 0 Å². The molecule has 2 aromatic rings. The molecule has 0 bridgehead atoms. The van der Waals surface area contributed by atoms with Crippen molar-refractivity contribution in [1.82, 2.24) is 9.88 Å². The number of carbonyl (C=O) groups excluding carboxylic acids is 1. The van der Waals surface area contributed by atoms with E-state index >= 15 is 0 Å². The van der Waals surface area contributed by atoms with E-state index in [0.717, 1.165) is 35.2 Å². The second kappa shape index (κ2) is 9.39. The first kappa shape index (κ1) is 18.4. The van der Waals surface area contributed by atoms with E-state index in [0.29, 0.717) is 12.2 Å². The molecule has 1 amide bonds. The van der Waals surface area contributed by atoms with Crippen LogP contribution in [0.2, 0.25) is 0 Å². The Kier molecular flexibility index (Phi) is 7.21. The van der Waals surface area contributed by atoms with Crippen molar-refractivity contribution >= 4 is 33.3 Å². The van der Waals surface area contributed by atoms with Crippen molar-refractivity contribution < 1.29 is 4.79 Å². The molecule has 1 aromatic carbocycles. The molecular weight excluding hydrogens is 368 g/mol. The molecule has 0 atom stereocenters. The molecule has 0 saturated carbocycles. The molecule has 2 rings (SSSR count). The number of nitrogens with one attached hydrogen (secondary N) is 2. The van der Waals surface area contributed by atoms with Gasteiger partial charge in [-0.3, -0.25) is 4.79 Å². The average molecular weight is 391 g/mol. The maximum absolute atomic E-state index is 12.0. The van der Waals surface area contributed by atoms with Gasteiger partial charge in [0.25, 0.3) is 0 Å². The van der Waals surface area contributed by atoms with Crippen molar-refractivity contribution in [2.24, 2.45) is 0 Å². The van der Waals surface area contributed by atoms with Gasteiger partial charge in [0.1, 0.15) is 5.82 Å². The molecule has 2 N–H and O–H groups in total. The Hall–Kier alpha value is -1.92. The zero-order valence-electron chi connectivity index (χ0n) is 14.1. The van der Waals surface area contributed by atoms with Gasteiger partial charge in [-0.05, 0) is 56.9 Å². The van der Waals surface area contributed by atoms with Crippen molar-refractivity contribution in [3.63, 3.8) is 0 Å². The van der Waals surface area contributed by atoms with Gasteiger partial charge in [0.05, 0.1) is 18.3 Å². The van der Waals surface area contributed by atoms with Gasteiger partial charge in [-0.15, -0.1) is 0 Å². The predicted octanol–water partition coefficient (Wildman–Crippen LogP) is 3.39. The highest BCUT2D eigenvalue weighted by Crippen LogP contribution is 2.13. The summed E-state index contributed by atoms with van der Waals surface area (Å²) >= 11 is 3.38. The number of anilines is 2. The number of aromatic nitrogens is 1. The van der Waals surface area contributed by atoms with Gasteiger partial charge in [-0.2, -0.15) is 0 Å². The van der Waals surface area contributed by atoms with Gasteiger partial charge in [-0.25, -0.2) is 4.98 Å². The van der Waals surface area contributed by atoms with Gasteiger partial charge < -0.3 is 15.5 Å². The summed E-state index contributed by atoms with van der Waals surface area (Å²) in [6, 6.07) is 11.5. The predicted molar refractivity (Wildman–Crippen MR) is 102 cm³/mol. The highest BCUT2D eigenvalue weighted by molar-refractivity contribution is 9.10. The van der Waals surface area contributed by atoms with Gasteiger partial charge in [-0.1, -0.05) is 28.1 Å². The fourth-order valence-electron chi connectivity index (χ4n) is 2.18. The summed E-state index contributed by atoms with van der Waals surface area (Å²) in [6.45, 7) is 1.94. The van der Waals surface area contributed by atoms with Crippen LogP contribution in [0.15, 0.2) is 47.1 Å². The normalized spacial score (nSPS) is 10.7. The minimum Gasteiger partial charge on any atom is -0.384 e. The number of nitrogens with zero attached hydrogens (tertiary/aromatic N) is 2. The maximum atomic E-state index is 12.0. The molecular formula is C18H23BrN4O. The Bertz CT molecular complexity index is 641. The van der Waals surface area contributed by atoms with Crippen molar-refractivity contribution in [3.05, 3.63) is 52.6 Å². The van der Waals surface area contributed by atoms with Crippen LogP contribution >= 0.6 is 15.9 Å². The van der Waals surface area contributed by atoms with E-state index in [9.17, 15) is 4.79 Å². The van der Waals surface area contributed by atoms with Crippen LogP contribution in [0.1, 0.15) is 12.0 Å². The summed E-state index contributed by atoms with van der Waals surface area (Å²) in [4.78, 5) is 18.5. The molecule has 5 nitrogen and oxygen atoms in total. The molecule has 0 unspecified atom stereocenters. The van der Waals surface area contributed by atoms with E-state index in [-0.39, 0.29) is 5.91 Å². The molecule has 0 aliphatic heterocycles. The Balaban J connectivity index is 1.78. The third kappa shape index (κ3) is 6.68. The van der Waals surface area contributed by atoms with Crippen molar-refractivity contribution in [2.75, 3.05) is 37.8 Å². The molecule has 6 heteroatoms. The standard InChI is InChI=1S/C18H23BrN4O/c1-23(2)11-3-10-20-16-8-9-17(21-13-16)22-18(24)12-14-4-6-15(19)7-5-14/h4-9,13,20H,3,10-12H2,1-2H3,(H,21,22,24). The Morgan fingerprint density at radius 3 is 2.54 bits per heavy atom. The first-order chi connectivity index (χ1) is 11.5. The number of amides is 1. The second-order valence-corrected chi connectivity index (χ2v) is 6.78. The third-order valence-corrected chi connectivity index (χ3v) is 3.95. The Morgan fingerprint density at radius 1 is 1.17 bits per heavy atom. The molecule has 0 radical (unpaired) electrons. The smallest absolute Gasteiger partial charge is 0.229 e. The first-order valence-corrected chi connectivity index (χ1v) is 8.71. The first-order valence-electron chi connectivity index (χ1n) is 7.92. The van der Waals surface area contributed by atoms with E-state index in [1.807, 2.05) is 36.4 Å². The molecule has 0 spiro atoms. The Labute approximate surface area is 151 Å². The molecule has 0 fully saturated rings. The molecule has 0 saturated heterocycles. The summed E-state index contributed by atoms with van der Waals surface area (Å²) in [5, 5.41) is 6.14. The molecule has 24 heavy (non-hydrogen) atoms. The number of benzene rings is 1. The van der Waals surface area contributed by atoms with Crippen LogP contribution in [0.3, 0.4) is 0 Å². The largest absolute Gasteiger partial charge is 0.384 e. The van der Waals surface area contributed by atoms with Crippen LogP contribution in [0.25, 0.3) is 0 Å². The maximum Gasteiger partial charge on any atom is 0.229 e. The van der Waals surface area contributed by atoms with Crippen LogP contribution in [0.4, 0.5) is 11.5 Å². The van der Waals surface area contributed by atoms with Crippen molar-refractivity contribution in [2.45, 2.75) is 12.8 Å². The lowest BCUT2D eigenvalue weighted by molar-refractivity contribution is -0.115. The zero-order valence-corrected chi connectivity index (χ0v) is 15.6. The summed E-state index contributed by atoms with van der Waals surface area (Å²) in [7, 11) is 4.13.